The van der Waals surface area contributed by atoms with Crippen LogP contribution >= 0.6 is 22.7 Å². The van der Waals surface area contributed by atoms with Gasteiger partial charge in [-0.25, -0.2) is 4.98 Å². The smallest absolute Gasteiger partial charge is 0.265 e. The molecule has 5 heteroatoms. The van der Waals surface area contributed by atoms with Crippen LogP contribution in [0.25, 0.3) is 9.88 Å². The molecule has 0 spiro atoms. The van der Waals surface area contributed by atoms with Crippen LogP contribution in [0.2, 0.25) is 0 Å². The van der Waals surface area contributed by atoms with Gasteiger partial charge in [-0.15, -0.1) is 22.7 Å². The summed E-state index contributed by atoms with van der Waals surface area (Å²) in [6.07, 6.45) is 0.871. The minimum Gasteiger partial charge on any atom is -0.338 e. The SMILES string of the molecule is CCN(CCc1ccccc1)C(=O)c1sc(-c2cccs2)nc1C. The average molecular weight is 357 g/mol. The third-order valence-electron chi connectivity index (χ3n) is 3.90. The van der Waals surface area contributed by atoms with E-state index >= 15 is 0 Å². The molecule has 0 atom stereocenters. The van der Waals surface area contributed by atoms with Crippen molar-refractivity contribution in [2.75, 3.05) is 13.1 Å². The average Bonchev–Trinajstić information content (AvgIpc) is 3.25. The van der Waals surface area contributed by atoms with Gasteiger partial charge in [-0.2, -0.15) is 0 Å². The highest BCUT2D eigenvalue weighted by atomic mass is 32.1. The quantitative estimate of drug-likeness (QED) is 0.630. The number of rotatable bonds is 6. The van der Waals surface area contributed by atoms with Crippen molar-refractivity contribution < 1.29 is 4.79 Å². The number of aromatic nitrogens is 1. The minimum atomic E-state index is 0.0891. The summed E-state index contributed by atoms with van der Waals surface area (Å²) in [7, 11) is 0. The first kappa shape index (κ1) is 16.9. The predicted molar refractivity (Wildman–Crippen MR) is 102 cm³/mol. The van der Waals surface area contributed by atoms with E-state index in [1.54, 1.807) is 11.3 Å². The maximum absolute atomic E-state index is 12.9. The number of hydrogen-bond acceptors (Lipinski definition) is 4. The van der Waals surface area contributed by atoms with Crippen LogP contribution in [0.1, 0.15) is 27.9 Å². The molecule has 0 bridgehead atoms. The van der Waals surface area contributed by atoms with Crippen molar-refractivity contribution in [3.8, 4) is 9.88 Å². The zero-order valence-electron chi connectivity index (χ0n) is 13.9. The lowest BCUT2D eigenvalue weighted by atomic mass is 10.1. The molecule has 3 aromatic rings. The molecule has 0 N–H and O–H groups in total. The highest BCUT2D eigenvalue weighted by molar-refractivity contribution is 7.22. The van der Waals surface area contributed by atoms with E-state index in [9.17, 15) is 4.79 Å². The summed E-state index contributed by atoms with van der Waals surface area (Å²) in [6.45, 7) is 5.38. The van der Waals surface area contributed by atoms with Crippen molar-refractivity contribution in [1.82, 2.24) is 9.88 Å². The second kappa shape index (κ2) is 7.73. The Morgan fingerprint density at radius 3 is 2.62 bits per heavy atom. The molecule has 0 aliphatic carbocycles. The summed E-state index contributed by atoms with van der Waals surface area (Å²) >= 11 is 3.15. The van der Waals surface area contributed by atoms with Crippen molar-refractivity contribution in [2.24, 2.45) is 0 Å². The van der Waals surface area contributed by atoms with E-state index < -0.39 is 0 Å². The molecule has 124 valence electrons. The molecule has 2 aromatic heterocycles. The summed E-state index contributed by atoms with van der Waals surface area (Å²) in [5, 5.41) is 2.97. The van der Waals surface area contributed by atoms with Crippen LogP contribution in [0.3, 0.4) is 0 Å². The number of amides is 1. The molecule has 3 rings (SSSR count). The van der Waals surface area contributed by atoms with Gasteiger partial charge in [0.2, 0.25) is 0 Å². The standard InChI is InChI=1S/C19H20N2OS2/c1-3-21(12-11-15-8-5-4-6-9-15)19(22)17-14(2)20-18(24-17)16-10-7-13-23-16/h4-10,13H,3,11-12H2,1-2H3. The number of hydrogen-bond donors (Lipinski definition) is 0. The van der Waals surface area contributed by atoms with Crippen LogP contribution in [-0.2, 0) is 6.42 Å². The molecule has 1 amide bonds. The van der Waals surface area contributed by atoms with Gasteiger partial charge in [-0.1, -0.05) is 36.4 Å². The summed E-state index contributed by atoms with van der Waals surface area (Å²) in [5.74, 6) is 0.0891. The molecule has 0 radical (unpaired) electrons. The highest BCUT2D eigenvalue weighted by Crippen LogP contribution is 2.31. The number of thiophene rings is 1. The summed E-state index contributed by atoms with van der Waals surface area (Å²) in [6, 6.07) is 14.3. The Morgan fingerprint density at radius 2 is 1.96 bits per heavy atom. The number of carbonyl (C=O) groups is 1. The van der Waals surface area contributed by atoms with Gasteiger partial charge in [0.05, 0.1) is 10.6 Å². The van der Waals surface area contributed by atoms with Gasteiger partial charge in [0.1, 0.15) is 9.88 Å². The third kappa shape index (κ3) is 3.74. The number of likely N-dealkylation sites (N-methyl/N-ethyl adjacent to an activating group) is 1. The molecule has 24 heavy (non-hydrogen) atoms. The Labute approximate surface area is 150 Å². The topological polar surface area (TPSA) is 33.2 Å². The van der Waals surface area contributed by atoms with Crippen molar-refractivity contribution in [2.45, 2.75) is 20.3 Å². The van der Waals surface area contributed by atoms with Crippen molar-refractivity contribution >= 4 is 28.6 Å². The molecular formula is C19H20N2OS2. The van der Waals surface area contributed by atoms with Crippen molar-refractivity contribution in [3.63, 3.8) is 0 Å². The third-order valence-corrected chi connectivity index (χ3v) is 6.09. The molecule has 0 unspecified atom stereocenters. The molecule has 0 aliphatic heterocycles. The second-order valence-electron chi connectivity index (χ2n) is 5.53. The molecule has 0 saturated heterocycles. The fourth-order valence-corrected chi connectivity index (χ4v) is 4.39. The van der Waals surface area contributed by atoms with Gasteiger partial charge in [-0.05, 0) is 37.3 Å². The molecule has 0 saturated carbocycles. The predicted octanol–water partition coefficient (Wildman–Crippen LogP) is 4.88. The Balaban J connectivity index is 1.74. The zero-order valence-corrected chi connectivity index (χ0v) is 15.5. The van der Waals surface area contributed by atoms with Gasteiger partial charge >= 0.3 is 0 Å². The first-order valence-corrected chi connectivity index (χ1v) is 9.73. The van der Waals surface area contributed by atoms with Gasteiger partial charge in [-0.3, -0.25) is 4.79 Å². The van der Waals surface area contributed by atoms with Gasteiger partial charge in [0, 0.05) is 13.1 Å². The molecule has 3 nitrogen and oxygen atoms in total. The monoisotopic (exact) mass is 356 g/mol. The molecule has 0 aliphatic rings. The van der Waals surface area contributed by atoms with Crippen LogP contribution in [0.4, 0.5) is 0 Å². The van der Waals surface area contributed by atoms with E-state index in [1.165, 1.54) is 16.9 Å². The Kier molecular flexibility index (Phi) is 5.43. The second-order valence-corrected chi connectivity index (χ2v) is 7.48. The number of benzene rings is 1. The summed E-state index contributed by atoms with van der Waals surface area (Å²) in [4.78, 5) is 21.3. The van der Waals surface area contributed by atoms with Crippen LogP contribution in [-0.4, -0.2) is 28.9 Å². The van der Waals surface area contributed by atoms with Crippen LogP contribution in [0, 0.1) is 6.92 Å². The lowest BCUT2D eigenvalue weighted by Crippen LogP contribution is -2.32. The van der Waals surface area contributed by atoms with E-state index in [-0.39, 0.29) is 5.91 Å². The summed E-state index contributed by atoms with van der Waals surface area (Å²) < 4.78 is 0. The molecular weight excluding hydrogens is 336 g/mol. The first-order valence-electron chi connectivity index (χ1n) is 8.03. The van der Waals surface area contributed by atoms with E-state index in [4.69, 9.17) is 0 Å². The fourth-order valence-electron chi connectivity index (χ4n) is 2.56. The summed E-state index contributed by atoms with van der Waals surface area (Å²) in [5.41, 5.74) is 2.08. The normalized spacial score (nSPS) is 10.8. The lowest BCUT2D eigenvalue weighted by molar-refractivity contribution is 0.0770. The zero-order chi connectivity index (χ0) is 16.9. The number of thiazole rings is 1. The maximum Gasteiger partial charge on any atom is 0.265 e. The Hall–Kier alpha value is -1.98. The number of carbonyl (C=O) groups excluding carboxylic acids is 1. The van der Waals surface area contributed by atoms with Crippen LogP contribution in [0.5, 0.6) is 0 Å². The molecule has 0 fully saturated rings. The molecule has 1 aromatic carbocycles. The maximum atomic E-state index is 12.9. The van der Waals surface area contributed by atoms with E-state index in [2.05, 4.69) is 17.1 Å². The largest absolute Gasteiger partial charge is 0.338 e. The number of nitrogens with zero attached hydrogens (tertiary/aromatic N) is 2. The van der Waals surface area contributed by atoms with Crippen LogP contribution in [0.15, 0.2) is 47.8 Å². The lowest BCUT2D eigenvalue weighted by Gasteiger charge is -2.20. The van der Waals surface area contributed by atoms with Crippen molar-refractivity contribution in [3.05, 3.63) is 64.0 Å². The van der Waals surface area contributed by atoms with E-state index in [1.807, 2.05) is 54.5 Å². The fraction of sp³-hybridized carbons (Fsp3) is 0.263. The first-order chi connectivity index (χ1) is 11.7. The van der Waals surface area contributed by atoms with Crippen LogP contribution < -0.4 is 0 Å². The highest BCUT2D eigenvalue weighted by Gasteiger charge is 2.21. The number of aryl methyl sites for hydroxylation is 1. The Bertz CT molecular complexity index is 794. The van der Waals surface area contributed by atoms with Gasteiger partial charge in [0.15, 0.2) is 0 Å². The minimum absolute atomic E-state index is 0.0891. The van der Waals surface area contributed by atoms with Crippen molar-refractivity contribution in [1.29, 1.82) is 0 Å². The van der Waals surface area contributed by atoms with E-state index in [0.29, 0.717) is 6.54 Å². The van der Waals surface area contributed by atoms with Gasteiger partial charge in [0.25, 0.3) is 5.91 Å². The Morgan fingerprint density at radius 1 is 1.17 bits per heavy atom. The van der Waals surface area contributed by atoms with Gasteiger partial charge < -0.3 is 4.90 Å². The molecule has 2 heterocycles. The van der Waals surface area contributed by atoms with E-state index in [0.717, 1.165) is 33.4 Å².